The molecule has 9 heavy (non-hydrogen) atoms. The van der Waals surface area contributed by atoms with Gasteiger partial charge in [0.25, 0.3) is 0 Å². The van der Waals surface area contributed by atoms with Crippen LogP contribution in [0.25, 0.3) is 0 Å². The molecule has 0 bridgehead atoms. The molecule has 0 radical (unpaired) electrons. The monoisotopic (exact) mass is 202 g/mol. The Morgan fingerprint density at radius 3 is 2.11 bits per heavy atom. The van der Waals surface area contributed by atoms with E-state index >= 15 is 0 Å². The highest BCUT2D eigenvalue weighted by Crippen LogP contribution is 2.21. The topological polar surface area (TPSA) is 20.2 Å². The summed E-state index contributed by atoms with van der Waals surface area (Å²) in [6.45, 7) is 0. The molecule has 0 aromatic heterocycles. The van der Waals surface area contributed by atoms with Crippen LogP contribution in [0.15, 0.2) is 28.7 Å². The maximum atomic E-state index is 8.87. The normalized spacial score (nSPS) is 8.11. The molecule has 0 aliphatic carbocycles. The molecule has 0 amide bonds. The maximum absolute atomic E-state index is 8.87. The minimum atomic E-state index is 0. The fraction of sp³-hybridized carbons (Fsp3) is 0. The van der Waals surface area contributed by atoms with Crippen LogP contribution in [0.4, 0.5) is 0 Å². The van der Waals surface area contributed by atoms with Crippen molar-refractivity contribution >= 4 is 33.3 Å². The van der Waals surface area contributed by atoms with E-state index in [4.69, 9.17) is 5.11 Å². The predicted octanol–water partition coefficient (Wildman–Crippen LogP) is 0.971. The maximum Gasteiger partial charge on any atom is 0.187 e. The highest BCUT2D eigenvalue weighted by Gasteiger charge is 1.89. The van der Waals surface area contributed by atoms with Crippen LogP contribution in [0.2, 0.25) is 0 Å². The van der Waals surface area contributed by atoms with E-state index in [1.807, 2.05) is 6.07 Å². The first-order valence-electron chi connectivity index (χ1n) is 2.24. The molecule has 3 heteroatoms. The molecular weight excluding hydrogens is 195 g/mol. The van der Waals surface area contributed by atoms with E-state index in [2.05, 4.69) is 15.9 Å². The molecule has 0 heterocycles. The lowest BCUT2D eigenvalue weighted by atomic mass is 10.3. The van der Waals surface area contributed by atoms with Crippen LogP contribution in [0.5, 0.6) is 5.75 Å². The molecule has 0 unspecified atom stereocenters. The summed E-state index contributed by atoms with van der Waals surface area (Å²) in [6, 6.07) is 7.04. The second-order valence-corrected chi connectivity index (χ2v) is 2.31. The van der Waals surface area contributed by atoms with Crippen LogP contribution < -0.4 is 0 Å². The van der Waals surface area contributed by atoms with Gasteiger partial charge in [0.2, 0.25) is 0 Å². The average Bonchev–Trinajstić information content (AvgIpc) is 1.77. The summed E-state index contributed by atoms with van der Waals surface area (Å²) in [6.07, 6.45) is 0. The van der Waals surface area contributed by atoms with Crippen LogP contribution in [-0.4, -0.2) is 22.5 Å². The van der Waals surface area contributed by atoms with Crippen molar-refractivity contribution < 1.29 is 5.11 Å². The van der Waals surface area contributed by atoms with Gasteiger partial charge in [-0.2, -0.15) is 0 Å². The Kier molecular flexibility index (Phi) is 3.96. The lowest BCUT2D eigenvalue weighted by Crippen LogP contribution is -1.63. The van der Waals surface area contributed by atoms with Gasteiger partial charge in [0, 0.05) is 0 Å². The minimum Gasteiger partial charge on any atom is -0.507 e. The summed E-state index contributed by atoms with van der Waals surface area (Å²) in [7, 11) is 0. The zero-order chi connectivity index (χ0) is 5.98. The third-order valence-electron chi connectivity index (χ3n) is 0.852. The zero-order valence-corrected chi connectivity index (χ0v) is 5.72. The molecule has 1 nitrogen and oxygen atoms in total. The van der Waals surface area contributed by atoms with Crippen molar-refractivity contribution in [1.82, 2.24) is 0 Å². The number of phenols is 1. The van der Waals surface area contributed by atoms with Crippen molar-refractivity contribution in [3.05, 3.63) is 28.7 Å². The number of phenolic OH excluding ortho intramolecular Hbond substituents is 1. The standard InChI is InChI=1S/C6H5BrO.Al.3H/c7-5-3-1-2-4-6(5)8;;;;/h1-4,8H;;;;. The number of halogens is 1. The van der Waals surface area contributed by atoms with Gasteiger partial charge in [0.1, 0.15) is 5.75 Å². The van der Waals surface area contributed by atoms with Crippen molar-refractivity contribution in [1.29, 1.82) is 0 Å². The Morgan fingerprint density at radius 1 is 1.22 bits per heavy atom. The zero-order valence-electron chi connectivity index (χ0n) is 4.13. The van der Waals surface area contributed by atoms with E-state index in [1.165, 1.54) is 0 Å². The molecule has 0 aliphatic heterocycles. The quantitative estimate of drug-likeness (QED) is 0.623. The van der Waals surface area contributed by atoms with E-state index in [0.29, 0.717) is 0 Å². The van der Waals surface area contributed by atoms with Gasteiger partial charge in [-0.3, -0.25) is 0 Å². The largest absolute Gasteiger partial charge is 0.507 e. The first-order chi connectivity index (χ1) is 3.80. The van der Waals surface area contributed by atoms with Crippen LogP contribution in [0.1, 0.15) is 0 Å². The molecule has 0 atom stereocenters. The van der Waals surface area contributed by atoms with Gasteiger partial charge in [-0.25, -0.2) is 0 Å². The van der Waals surface area contributed by atoms with Gasteiger partial charge in [0.15, 0.2) is 17.4 Å². The highest BCUT2D eigenvalue weighted by atomic mass is 79.9. The molecule has 0 aliphatic rings. The van der Waals surface area contributed by atoms with E-state index in [0.717, 1.165) is 4.47 Å². The number of aromatic hydroxyl groups is 1. The smallest absolute Gasteiger partial charge is 0.187 e. The summed E-state index contributed by atoms with van der Waals surface area (Å²) in [4.78, 5) is 0. The van der Waals surface area contributed by atoms with E-state index < -0.39 is 0 Å². The second kappa shape index (κ2) is 3.95. The molecule has 1 rings (SSSR count). The second-order valence-electron chi connectivity index (χ2n) is 1.45. The van der Waals surface area contributed by atoms with Crippen LogP contribution in [-0.2, 0) is 0 Å². The number of benzene rings is 1. The van der Waals surface area contributed by atoms with Gasteiger partial charge >= 0.3 is 0 Å². The fourth-order valence-electron chi connectivity index (χ4n) is 0.452. The molecule has 0 saturated carbocycles. The average molecular weight is 203 g/mol. The van der Waals surface area contributed by atoms with Gasteiger partial charge < -0.3 is 5.11 Å². The van der Waals surface area contributed by atoms with Crippen LogP contribution in [0, 0.1) is 0 Å². The van der Waals surface area contributed by atoms with E-state index in [9.17, 15) is 0 Å². The molecule has 1 aromatic carbocycles. The number of hydrogen-bond acceptors (Lipinski definition) is 1. The van der Waals surface area contributed by atoms with Crippen LogP contribution >= 0.6 is 15.9 Å². The third kappa shape index (κ3) is 2.40. The molecule has 0 spiro atoms. The van der Waals surface area contributed by atoms with Crippen LogP contribution in [0.3, 0.4) is 0 Å². The Hall–Kier alpha value is 0.0325. The van der Waals surface area contributed by atoms with E-state index in [1.54, 1.807) is 18.2 Å². The van der Waals surface area contributed by atoms with Crippen molar-refractivity contribution in [3.63, 3.8) is 0 Å². The number of para-hydroxylation sites is 1. The Morgan fingerprint density at radius 2 is 1.78 bits per heavy atom. The molecule has 1 aromatic rings. The molecule has 1 N–H and O–H groups in total. The number of hydrogen-bond donors (Lipinski definition) is 1. The van der Waals surface area contributed by atoms with Gasteiger partial charge in [0.05, 0.1) is 4.47 Å². The minimum absolute atomic E-state index is 0. The Labute approximate surface area is 73.0 Å². The Bertz CT molecular complexity index is 169. The molecule has 0 fully saturated rings. The fourth-order valence-corrected chi connectivity index (χ4v) is 0.737. The highest BCUT2D eigenvalue weighted by molar-refractivity contribution is 9.10. The molecular formula is C6H8AlBrO. The SMILES string of the molecule is Oc1ccccc1Br.[AlH3]. The predicted molar refractivity (Wildman–Crippen MR) is 45.7 cm³/mol. The summed E-state index contributed by atoms with van der Waals surface area (Å²) >= 11 is 3.15. The Balaban J connectivity index is 0.000000640. The summed E-state index contributed by atoms with van der Waals surface area (Å²) in [5.74, 6) is 0.285. The molecule has 48 valence electrons. The van der Waals surface area contributed by atoms with Gasteiger partial charge in [-0.05, 0) is 28.1 Å². The van der Waals surface area contributed by atoms with Crippen molar-refractivity contribution in [3.8, 4) is 5.75 Å². The lowest BCUT2D eigenvalue weighted by Gasteiger charge is -1.90. The summed E-state index contributed by atoms with van der Waals surface area (Å²) < 4.78 is 0.736. The lowest BCUT2D eigenvalue weighted by molar-refractivity contribution is 0.472. The molecule has 0 saturated heterocycles. The summed E-state index contributed by atoms with van der Waals surface area (Å²) in [5, 5.41) is 8.87. The number of rotatable bonds is 0. The first kappa shape index (κ1) is 9.03. The van der Waals surface area contributed by atoms with E-state index in [-0.39, 0.29) is 23.1 Å². The van der Waals surface area contributed by atoms with Gasteiger partial charge in [-0.1, -0.05) is 12.1 Å². The first-order valence-corrected chi connectivity index (χ1v) is 3.03. The van der Waals surface area contributed by atoms with Crippen molar-refractivity contribution in [2.75, 3.05) is 0 Å². The third-order valence-corrected chi connectivity index (χ3v) is 1.52. The van der Waals surface area contributed by atoms with Crippen molar-refractivity contribution in [2.24, 2.45) is 0 Å². The van der Waals surface area contributed by atoms with Crippen molar-refractivity contribution in [2.45, 2.75) is 0 Å². The van der Waals surface area contributed by atoms with Gasteiger partial charge in [-0.15, -0.1) is 0 Å². The summed E-state index contributed by atoms with van der Waals surface area (Å²) in [5.41, 5.74) is 0.